The summed E-state index contributed by atoms with van der Waals surface area (Å²) < 4.78 is 31.5. The van der Waals surface area contributed by atoms with Crippen molar-refractivity contribution in [2.24, 2.45) is 0 Å². The third kappa shape index (κ3) is 3.48. The first-order valence-corrected chi connectivity index (χ1v) is 11.4. The number of halogens is 2. The number of hydrogen-bond donors (Lipinski definition) is 2. The van der Waals surface area contributed by atoms with Gasteiger partial charge in [0.25, 0.3) is 0 Å². The van der Waals surface area contributed by atoms with E-state index in [2.05, 4.69) is 24.9 Å². The van der Waals surface area contributed by atoms with Gasteiger partial charge in [-0.05, 0) is 44.2 Å². The van der Waals surface area contributed by atoms with E-state index in [1.807, 2.05) is 36.7 Å². The molecule has 6 aromatic rings. The molecular weight excluding hydrogens is 460 g/mol. The highest BCUT2D eigenvalue weighted by molar-refractivity contribution is 6.02. The molecular formula is C27H21F2N7. The number of benzene rings is 2. The van der Waals surface area contributed by atoms with Crippen molar-refractivity contribution in [2.75, 3.05) is 5.73 Å². The lowest BCUT2D eigenvalue weighted by molar-refractivity contribution is 0.628. The zero-order valence-corrected chi connectivity index (χ0v) is 19.5. The first-order chi connectivity index (χ1) is 17.4. The smallest absolute Gasteiger partial charge is 0.146 e. The largest absolute Gasteiger partial charge is 0.383 e. The minimum atomic E-state index is -0.397. The zero-order chi connectivity index (χ0) is 25.0. The topological polar surface area (TPSA) is 98.3 Å². The summed E-state index contributed by atoms with van der Waals surface area (Å²) in [6, 6.07) is 13.0. The van der Waals surface area contributed by atoms with Gasteiger partial charge in [0.05, 0.1) is 34.4 Å². The number of hydrogen-bond acceptors (Lipinski definition) is 5. The summed E-state index contributed by atoms with van der Waals surface area (Å²) in [5.41, 5.74) is 10.3. The van der Waals surface area contributed by atoms with Gasteiger partial charge in [-0.3, -0.25) is 4.98 Å². The number of aromatic amines is 1. The molecule has 6 rings (SSSR count). The number of rotatable bonds is 4. The Bertz CT molecular complexity index is 1770. The number of anilines is 1. The predicted molar refractivity (Wildman–Crippen MR) is 135 cm³/mol. The van der Waals surface area contributed by atoms with Gasteiger partial charge in [0, 0.05) is 28.4 Å². The van der Waals surface area contributed by atoms with Gasteiger partial charge in [0.15, 0.2) is 0 Å². The molecule has 0 aliphatic rings. The van der Waals surface area contributed by atoms with Gasteiger partial charge >= 0.3 is 0 Å². The number of imidazole rings is 1. The second-order valence-corrected chi connectivity index (χ2v) is 8.73. The molecule has 0 radical (unpaired) electrons. The molecule has 0 aliphatic carbocycles. The average Bonchev–Trinajstić information content (AvgIpc) is 3.50. The van der Waals surface area contributed by atoms with Crippen LogP contribution in [-0.2, 0) is 0 Å². The summed E-state index contributed by atoms with van der Waals surface area (Å²) in [5, 5.41) is 1.26. The molecule has 36 heavy (non-hydrogen) atoms. The van der Waals surface area contributed by atoms with E-state index in [9.17, 15) is 4.39 Å². The van der Waals surface area contributed by atoms with Crippen LogP contribution in [0.1, 0.15) is 24.4 Å². The van der Waals surface area contributed by atoms with Gasteiger partial charge in [-0.15, -0.1) is 0 Å². The lowest BCUT2D eigenvalue weighted by Gasteiger charge is -2.13. The highest BCUT2D eigenvalue weighted by atomic mass is 19.1. The summed E-state index contributed by atoms with van der Waals surface area (Å²) >= 11 is 0. The van der Waals surface area contributed by atoms with Crippen molar-refractivity contribution in [1.29, 1.82) is 0 Å². The number of nitrogen functional groups attached to an aromatic ring is 1. The number of nitrogens with two attached hydrogens (primary N) is 1. The van der Waals surface area contributed by atoms with Crippen LogP contribution in [0.3, 0.4) is 0 Å². The number of nitrogens with one attached hydrogen (secondary N) is 1. The van der Waals surface area contributed by atoms with Crippen LogP contribution in [0.15, 0.2) is 67.3 Å². The molecule has 4 heterocycles. The van der Waals surface area contributed by atoms with Crippen LogP contribution in [0.2, 0.25) is 0 Å². The van der Waals surface area contributed by atoms with Gasteiger partial charge in [-0.1, -0.05) is 18.2 Å². The molecule has 2 aromatic carbocycles. The van der Waals surface area contributed by atoms with Crippen LogP contribution >= 0.6 is 0 Å². The Morgan fingerprint density at radius 2 is 1.78 bits per heavy atom. The zero-order valence-electron chi connectivity index (χ0n) is 19.5. The molecule has 0 spiro atoms. The summed E-state index contributed by atoms with van der Waals surface area (Å²) in [6.07, 6.45) is 4.85. The number of aryl methyl sites for hydroxylation is 1. The predicted octanol–water partition coefficient (Wildman–Crippen LogP) is 5.81. The van der Waals surface area contributed by atoms with Gasteiger partial charge in [-0.2, -0.15) is 0 Å². The van der Waals surface area contributed by atoms with E-state index in [1.54, 1.807) is 30.5 Å². The average molecular weight is 482 g/mol. The van der Waals surface area contributed by atoms with E-state index < -0.39 is 5.82 Å². The lowest BCUT2D eigenvalue weighted by atomic mass is 10.0. The van der Waals surface area contributed by atoms with Gasteiger partial charge in [0.2, 0.25) is 0 Å². The van der Waals surface area contributed by atoms with Crippen LogP contribution in [0.25, 0.3) is 44.5 Å². The highest BCUT2D eigenvalue weighted by Crippen LogP contribution is 2.38. The fourth-order valence-corrected chi connectivity index (χ4v) is 4.55. The molecule has 0 saturated carbocycles. The molecule has 7 nitrogen and oxygen atoms in total. The SMILES string of the molecule is Cc1ccc2cc(F)c(-c3cn(C(C)c4cnc(-c5ccccc5F)[nH]4)c4ncnc(N)c34)cc2n1. The first kappa shape index (κ1) is 21.8. The molecule has 1 unspecified atom stereocenters. The quantitative estimate of drug-likeness (QED) is 0.331. The minimum Gasteiger partial charge on any atom is -0.383 e. The minimum absolute atomic E-state index is 0.245. The maximum atomic E-state index is 15.4. The number of pyridine rings is 1. The summed E-state index contributed by atoms with van der Waals surface area (Å²) in [6.45, 7) is 3.84. The fourth-order valence-electron chi connectivity index (χ4n) is 4.55. The van der Waals surface area contributed by atoms with Crippen molar-refractivity contribution >= 4 is 27.8 Å². The molecule has 0 amide bonds. The Kier molecular flexibility index (Phi) is 4.99. The molecule has 0 fully saturated rings. The molecule has 3 N–H and O–H groups in total. The van der Waals surface area contributed by atoms with E-state index in [1.165, 1.54) is 18.5 Å². The Morgan fingerprint density at radius 3 is 2.61 bits per heavy atom. The maximum absolute atomic E-state index is 15.4. The molecule has 0 saturated heterocycles. The monoisotopic (exact) mass is 481 g/mol. The van der Waals surface area contributed by atoms with Crippen molar-refractivity contribution in [2.45, 2.75) is 19.9 Å². The second-order valence-electron chi connectivity index (χ2n) is 8.73. The van der Waals surface area contributed by atoms with Crippen molar-refractivity contribution in [1.82, 2.24) is 29.5 Å². The Morgan fingerprint density at radius 1 is 0.944 bits per heavy atom. The summed E-state index contributed by atoms with van der Waals surface area (Å²) in [7, 11) is 0. The molecule has 1 atom stereocenters. The molecule has 178 valence electrons. The molecule has 0 bridgehead atoms. The Hall–Kier alpha value is -4.66. The van der Waals surface area contributed by atoms with Crippen LogP contribution in [0, 0.1) is 18.6 Å². The van der Waals surface area contributed by atoms with Crippen molar-refractivity contribution in [3.05, 3.63) is 90.3 Å². The molecule has 0 aliphatic heterocycles. The Labute approximate surface area is 204 Å². The van der Waals surface area contributed by atoms with Crippen LogP contribution < -0.4 is 5.73 Å². The highest BCUT2D eigenvalue weighted by Gasteiger charge is 2.22. The normalized spacial score (nSPS) is 12.4. The third-order valence-electron chi connectivity index (χ3n) is 6.44. The first-order valence-electron chi connectivity index (χ1n) is 11.4. The van der Waals surface area contributed by atoms with E-state index in [0.717, 1.165) is 11.4 Å². The lowest BCUT2D eigenvalue weighted by Crippen LogP contribution is -2.07. The van der Waals surface area contributed by atoms with E-state index in [4.69, 9.17) is 5.73 Å². The van der Waals surface area contributed by atoms with Crippen LogP contribution in [-0.4, -0.2) is 29.5 Å². The standard InChI is InChI=1S/C27H21F2N7/c1-14-7-8-16-9-21(29)18(10-22(16)34-14)19-12-36(27-24(19)25(30)32-13-33-27)15(2)23-11-31-26(35-23)17-5-3-4-6-20(17)28/h3-13,15H,1-2H3,(H,31,35)(H2,30,32,33). The maximum Gasteiger partial charge on any atom is 0.146 e. The van der Waals surface area contributed by atoms with Crippen LogP contribution in [0.4, 0.5) is 14.6 Å². The van der Waals surface area contributed by atoms with E-state index >= 15 is 4.39 Å². The number of nitrogens with zero attached hydrogens (tertiary/aromatic N) is 5. The van der Waals surface area contributed by atoms with Gasteiger partial charge in [0.1, 0.15) is 35.3 Å². The second kappa shape index (κ2) is 8.23. The fraction of sp³-hybridized carbons (Fsp3) is 0.111. The molecule has 9 heteroatoms. The number of fused-ring (bicyclic) bond motifs is 2. The van der Waals surface area contributed by atoms with Crippen molar-refractivity contribution in [3.8, 4) is 22.5 Å². The van der Waals surface area contributed by atoms with Gasteiger partial charge in [-0.25, -0.2) is 23.7 Å². The summed E-state index contributed by atoms with van der Waals surface area (Å²) in [5.74, 6) is -0.0977. The Balaban J connectivity index is 1.51. The van der Waals surface area contributed by atoms with E-state index in [0.29, 0.717) is 44.5 Å². The summed E-state index contributed by atoms with van der Waals surface area (Å²) in [4.78, 5) is 20.8. The third-order valence-corrected chi connectivity index (χ3v) is 6.44. The molecule has 4 aromatic heterocycles. The van der Waals surface area contributed by atoms with Crippen LogP contribution in [0.5, 0.6) is 0 Å². The van der Waals surface area contributed by atoms with Crippen molar-refractivity contribution < 1.29 is 8.78 Å². The number of aromatic nitrogens is 6. The van der Waals surface area contributed by atoms with Crippen molar-refractivity contribution in [3.63, 3.8) is 0 Å². The van der Waals surface area contributed by atoms with E-state index in [-0.39, 0.29) is 17.7 Å². The van der Waals surface area contributed by atoms with Gasteiger partial charge < -0.3 is 15.3 Å². The number of H-pyrrole nitrogens is 1.